The quantitative estimate of drug-likeness (QED) is 0.712. The number of aryl methyl sites for hydroxylation is 1. The van der Waals surface area contributed by atoms with Crippen LogP contribution in [0.2, 0.25) is 0 Å². The van der Waals surface area contributed by atoms with E-state index in [0.717, 1.165) is 11.4 Å². The van der Waals surface area contributed by atoms with Crippen molar-refractivity contribution in [1.82, 2.24) is 10.3 Å². The van der Waals surface area contributed by atoms with E-state index in [-0.39, 0.29) is 24.0 Å². The van der Waals surface area contributed by atoms with Crippen LogP contribution in [0, 0.1) is 19.7 Å². The largest absolute Gasteiger partial charge is 0.354 e. The number of rotatable bonds is 5. The number of nitrogens with zero attached hydrogens (tertiary/aromatic N) is 1. The van der Waals surface area contributed by atoms with Crippen molar-refractivity contribution >= 4 is 17.3 Å². The number of pyridine rings is 1. The van der Waals surface area contributed by atoms with Crippen molar-refractivity contribution < 1.29 is 9.18 Å². The topological polar surface area (TPSA) is 54.0 Å². The van der Waals surface area contributed by atoms with Gasteiger partial charge in [0.15, 0.2) is 0 Å². The molecule has 1 aromatic heterocycles. The average Bonchev–Trinajstić information content (AvgIpc) is 2.65. The SMILES string of the molecule is Cc1cccc(Nc2ccc(C(=O)NCc3ccccc3F)nc2)c1C. The summed E-state index contributed by atoms with van der Waals surface area (Å²) >= 11 is 0. The van der Waals surface area contributed by atoms with Crippen molar-refractivity contribution in [2.75, 3.05) is 5.32 Å². The lowest BCUT2D eigenvalue weighted by Gasteiger charge is -2.11. The molecule has 3 aromatic rings. The lowest BCUT2D eigenvalue weighted by atomic mass is 10.1. The minimum Gasteiger partial charge on any atom is -0.354 e. The van der Waals surface area contributed by atoms with Gasteiger partial charge >= 0.3 is 0 Å². The van der Waals surface area contributed by atoms with E-state index in [1.807, 2.05) is 12.1 Å². The van der Waals surface area contributed by atoms with Crippen LogP contribution in [0.4, 0.5) is 15.8 Å². The monoisotopic (exact) mass is 349 g/mol. The number of aromatic nitrogens is 1. The number of amides is 1. The Bertz CT molecular complexity index is 923. The molecule has 0 aliphatic heterocycles. The first-order valence-electron chi connectivity index (χ1n) is 8.35. The number of hydrogen-bond donors (Lipinski definition) is 2. The number of anilines is 2. The van der Waals surface area contributed by atoms with Gasteiger partial charge in [0.05, 0.1) is 11.9 Å². The first-order chi connectivity index (χ1) is 12.5. The second-order valence-corrected chi connectivity index (χ2v) is 6.08. The fourth-order valence-corrected chi connectivity index (χ4v) is 2.55. The highest BCUT2D eigenvalue weighted by Gasteiger charge is 2.09. The Morgan fingerprint density at radius 1 is 1.04 bits per heavy atom. The van der Waals surface area contributed by atoms with E-state index in [1.165, 1.54) is 17.2 Å². The molecule has 0 unspecified atom stereocenters. The van der Waals surface area contributed by atoms with Gasteiger partial charge in [-0.05, 0) is 49.2 Å². The minimum absolute atomic E-state index is 0.121. The summed E-state index contributed by atoms with van der Waals surface area (Å²) in [6.45, 7) is 4.23. The predicted octanol–water partition coefficient (Wildman–Crippen LogP) is 4.51. The highest BCUT2D eigenvalue weighted by atomic mass is 19.1. The van der Waals surface area contributed by atoms with Crippen LogP contribution in [0.1, 0.15) is 27.2 Å². The van der Waals surface area contributed by atoms with Crippen LogP contribution in [-0.4, -0.2) is 10.9 Å². The van der Waals surface area contributed by atoms with Gasteiger partial charge in [-0.2, -0.15) is 0 Å². The lowest BCUT2D eigenvalue weighted by Crippen LogP contribution is -2.24. The molecule has 0 aliphatic rings. The number of nitrogens with one attached hydrogen (secondary N) is 2. The highest BCUT2D eigenvalue weighted by Crippen LogP contribution is 2.22. The second-order valence-electron chi connectivity index (χ2n) is 6.08. The van der Waals surface area contributed by atoms with Gasteiger partial charge in [0.1, 0.15) is 11.5 Å². The van der Waals surface area contributed by atoms with Crippen LogP contribution in [0.5, 0.6) is 0 Å². The molecule has 1 amide bonds. The Labute approximate surface area is 152 Å². The van der Waals surface area contributed by atoms with Gasteiger partial charge in [-0.1, -0.05) is 30.3 Å². The second kappa shape index (κ2) is 7.78. The van der Waals surface area contributed by atoms with E-state index in [0.29, 0.717) is 5.56 Å². The Morgan fingerprint density at radius 3 is 2.58 bits per heavy atom. The molecular weight excluding hydrogens is 329 g/mol. The normalized spacial score (nSPS) is 10.4. The maximum atomic E-state index is 13.6. The summed E-state index contributed by atoms with van der Waals surface area (Å²) in [6, 6.07) is 15.8. The smallest absolute Gasteiger partial charge is 0.270 e. The Hall–Kier alpha value is -3.21. The third kappa shape index (κ3) is 4.06. The molecule has 3 rings (SSSR count). The van der Waals surface area contributed by atoms with Crippen LogP contribution in [0.25, 0.3) is 0 Å². The van der Waals surface area contributed by atoms with Gasteiger partial charge in [-0.15, -0.1) is 0 Å². The molecule has 0 saturated heterocycles. The van der Waals surface area contributed by atoms with Gasteiger partial charge in [-0.3, -0.25) is 4.79 Å². The molecular formula is C21H20FN3O. The summed E-state index contributed by atoms with van der Waals surface area (Å²) in [5.41, 5.74) is 4.89. The lowest BCUT2D eigenvalue weighted by molar-refractivity contribution is 0.0945. The number of benzene rings is 2. The summed E-state index contributed by atoms with van der Waals surface area (Å²) in [4.78, 5) is 16.4. The van der Waals surface area contributed by atoms with Crippen LogP contribution in [0.15, 0.2) is 60.8 Å². The third-order valence-corrected chi connectivity index (χ3v) is 4.28. The van der Waals surface area contributed by atoms with Crippen molar-refractivity contribution in [3.05, 3.63) is 89.0 Å². The van der Waals surface area contributed by atoms with Crippen LogP contribution in [-0.2, 0) is 6.54 Å². The zero-order valence-corrected chi connectivity index (χ0v) is 14.7. The summed E-state index contributed by atoms with van der Waals surface area (Å²) in [5.74, 6) is -0.680. The summed E-state index contributed by atoms with van der Waals surface area (Å²) in [6.07, 6.45) is 1.61. The minimum atomic E-state index is -0.341. The van der Waals surface area contributed by atoms with Crippen LogP contribution in [0.3, 0.4) is 0 Å². The Morgan fingerprint density at radius 2 is 1.85 bits per heavy atom. The highest BCUT2D eigenvalue weighted by molar-refractivity contribution is 5.92. The Balaban J connectivity index is 1.64. The average molecular weight is 349 g/mol. The fraction of sp³-hybridized carbons (Fsp3) is 0.143. The van der Waals surface area contributed by atoms with E-state index < -0.39 is 0 Å². The summed E-state index contributed by atoms with van der Waals surface area (Å²) in [5, 5.41) is 5.98. The van der Waals surface area contributed by atoms with Crippen molar-refractivity contribution in [1.29, 1.82) is 0 Å². The summed E-state index contributed by atoms with van der Waals surface area (Å²) < 4.78 is 13.6. The zero-order chi connectivity index (χ0) is 18.5. The molecule has 26 heavy (non-hydrogen) atoms. The maximum Gasteiger partial charge on any atom is 0.270 e. The van der Waals surface area contributed by atoms with E-state index >= 15 is 0 Å². The first kappa shape index (κ1) is 17.6. The number of hydrogen-bond acceptors (Lipinski definition) is 3. The molecule has 0 radical (unpaired) electrons. The van der Waals surface area contributed by atoms with Gasteiger partial charge in [-0.25, -0.2) is 9.37 Å². The summed E-state index contributed by atoms with van der Waals surface area (Å²) in [7, 11) is 0. The molecule has 0 fully saturated rings. The molecule has 132 valence electrons. The number of carbonyl (C=O) groups excluding carboxylic acids is 1. The molecule has 0 atom stereocenters. The van der Waals surface area contributed by atoms with E-state index in [1.54, 1.807) is 36.5 Å². The molecule has 0 spiro atoms. The van der Waals surface area contributed by atoms with Gasteiger partial charge in [0, 0.05) is 17.8 Å². The Kier molecular flexibility index (Phi) is 5.27. The number of carbonyl (C=O) groups is 1. The molecule has 0 bridgehead atoms. The first-order valence-corrected chi connectivity index (χ1v) is 8.35. The third-order valence-electron chi connectivity index (χ3n) is 4.28. The molecule has 2 N–H and O–H groups in total. The molecule has 5 heteroatoms. The molecule has 4 nitrogen and oxygen atoms in total. The van der Waals surface area contributed by atoms with Crippen molar-refractivity contribution in [3.8, 4) is 0 Å². The van der Waals surface area contributed by atoms with Gasteiger partial charge in [0.25, 0.3) is 5.91 Å². The van der Waals surface area contributed by atoms with E-state index in [2.05, 4.69) is 35.5 Å². The van der Waals surface area contributed by atoms with Crippen molar-refractivity contribution in [2.45, 2.75) is 20.4 Å². The van der Waals surface area contributed by atoms with Crippen LogP contribution < -0.4 is 10.6 Å². The molecule has 0 aliphatic carbocycles. The molecule has 2 aromatic carbocycles. The van der Waals surface area contributed by atoms with Crippen molar-refractivity contribution in [2.24, 2.45) is 0 Å². The molecule has 0 saturated carbocycles. The fourth-order valence-electron chi connectivity index (χ4n) is 2.55. The van der Waals surface area contributed by atoms with Crippen LogP contribution >= 0.6 is 0 Å². The molecule has 1 heterocycles. The maximum absolute atomic E-state index is 13.6. The number of halogens is 1. The van der Waals surface area contributed by atoms with Gasteiger partial charge < -0.3 is 10.6 Å². The standard InChI is InChI=1S/C21H20FN3O/c1-14-6-5-9-19(15(14)2)25-17-10-11-20(23-13-17)21(26)24-12-16-7-3-4-8-18(16)22/h3-11,13,25H,12H2,1-2H3,(H,24,26). The van der Waals surface area contributed by atoms with Crippen molar-refractivity contribution in [3.63, 3.8) is 0 Å². The van der Waals surface area contributed by atoms with Gasteiger partial charge in [0.2, 0.25) is 0 Å². The van der Waals surface area contributed by atoms with E-state index in [4.69, 9.17) is 0 Å². The predicted molar refractivity (Wildman–Crippen MR) is 101 cm³/mol. The zero-order valence-electron chi connectivity index (χ0n) is 14.7. The van der Waals surface area contributed by atoms with E-state index in [9.17, 15) is 9.18 Å².